The van der Waals surface area contributed by atoms with Gasteiger partial charge in [0, 0.05) is 30.9 Å². The van der Waals surface area contributed by atoms with Crippen LogP contribution >= 0.6 is 0 Å². The molecule has 0 radical (unpaired) electrons. The Morgan fingerprint density at radius 3 is 2.75 bits per heavy atom. The van der Waals surface area contributed by atoms with E-state index in [2.05, 4.69) is 32.2 Å². The normalized spacial score (nSPS) is 18.6. The highest BCUT2D eigenvalue weighted by molar-refractivity contribution is 5.96. The molecule has 1 aliphatic heterocycles. The van der Waals surface area contributed by atoms with Gasteiger partial charge in [-0.3, -0.25) is 4.79 Å². The van der Waals surface area contributed by atoms with Gasteiger partial charge in [-0.15, -0.1) is 0 Å². The second kappa shape index (κ2) is 6.29. The maximum absolute atomic E-state index is 12.6. The van der Waals surface area contributed by atoms with Crippen LogP contribution in [0.3, 0.4) is 0 Å². The molecule has 1 saturated heterocycles. The summed E-state index contributed by atoms with van der Waals surface area (Å²) in [6.45, 7) is 11.3. The quantitative estimate of drug-likeness (QED) is 0.910. The Labute approximate surface area is 122 Å². The molecule has 110 valence electrons. The van der Waals surface area contributed by atoms with Gasteiger partial charge in [-0.05, 0) is 55.9 Å². The van der Waals surface area contributed by atoms with Gasteiger partial charge in [0.15, 0.2) is 0 Å². The SMILES string of the molecule is CCNc1ccc(C(=O)N2CCC(C(C)C)C2)c(C)c1. The number of nitrogens with one attached hydrogen (secondary N) is 1. The summed E-state index contributed by atoms with van der Waals surface area (Å²) in [5, 5.41) is 3.28. The molecule has 1 aliphatic rings. The van der Waals surface area contributed by atoms with Crippen LogP contribution in [0.25, 0.3) is 0 Å². The molecule has 1 N–H and O–H groups in total. The van der Waals surface area contributed by atoms with Crippen molar-refractivity contribution in [3.05, 3.63) is 29.3 Å². The van der Waals surface area contributed by atoms with E-state index in [-0.39, 0.29) is 5.91 Å². The van der Waals surface area contributed by atoms with Crippen molar-refractivity contribution in [2.75, 3.05) is 25.0 Å². The number of likely N-dealkylation sites (tertiary alicyclic amines) is 1. The first kappa shape index (κ1) is 14.9. The predicted octanol–water partition coefficient (Wildman–Crippen LogP) is 3.54. The van der Waals surface area contributed by atoms with E-state index in [1.165, 1.54) is 0 Å². The number of hydrogen-bond acceptors (Lipinski definition) is 2. The molecular weight excluding hydrogens is 248 g/mol. The summed E-state index contributed by atoms with van der Waals surface area (Å²) < 4.78 is 0. The van der Waals surface area contributed by atoms with Crippen molar-refractivity contribution < 1.29 is 4.79 Å². The van der Waals surface area contributed by atoms with Gasteiger partial charge in [0.1, 0.15) is 0 Å². The first-order valence-corrected chi connectivity index (χ1v) is 7.66. The molecule has 3 nitrogen and oxygen atoms in total. The molecule has 1 heterocycles. The molecule has 0 spiro atoms. The van der Waals surface area contributed by atoms with E-state index >= 15 is 0 Å². The minimum Gasteiger partial charge on any atom is -0.385 e. The third kappa shape index (κ3) is 3.14. The predicted molar refractivity (Wildman–Crippen MR) is 84.2 cm³/mol. The van der Waals surface area contributed by atoms with Crippen LogP contribution < -0.4 is 5.32 Å². The number of hydrogen-bond donors (Lipinski definition) is 1. The fourth-order valence-corrected chi connectivity index (χ4v) is 2.90. The second-order valence-corrected chi connectivity index (χ2v) is 6.10. The number of carbonyl (C=O) groups excluding carboxylic acids is 1. The first-order valence-electron chi connectivity index (χ1n) is 7.66. The summed E-state index contributed by atoms with van der Waals surface area (Å²) in [4.78, 5) is 14.6. The van der Waals surface area contributed by atoms with Gasteiger partial charge in [-0.2, -0.15) is 0 Å². The topological polar surface area (TPSA) is 32.3 Å². The number of nitrogens with zero attached hydrogens (tertiary/aromatic N) is 1. The number of benzene rings is 1. The third-order valence-electron chi connectivity index (χ3n) is 4.29. The lowest BCUT2D eigenvalue weighted by Gasteiger charge is -2.19. The Morgan fingerprint density at radius 2 is 2.20 bits per heavy atom. The monoisotopic (exact) mass is 274 g/mol. The number of rotatable bonds is 4. The fourth-order valence-electron chi connectivity index (χ4n) is 2.90. The second-order valence-electron chi connectivity index (χ2n) is 6.10. The van der Waals surface area contributed by atoms with E-state index in [9.17, 15) is 4.79 Å². The lowest BCUT2D eigenvalue weighted by Crippen LogP contribution is -2.29. The smallest absolute Gasteiger partial charge is 0.254 e. The Balaban J connectivity index is 2.10. The van der Waals surface area contributed by atoms with E-state index in [0.717, 1.165) is 42.9 Å². The average Bonchev–Trinajstić information content (AvgIpc) is 2.88. The number of anilines is 1. The summed E-state index contributed by atoms with van der Waals surface area (Å²) >= 11 is 0. The van der Waals surface area contributed by atoms with Crippen molar-refractivity contribution in [1.29, 1.82) is 0 Å². The molecule has 1 unspecified atom stereocenters. The highest BCUT2D eigenvalue weighted by Gasteiger charge is 2.29. The molecule has 1 aromatic carbocycles. The van der Waals surface area contributed by atoms with E-state index in [1.54, 1.807) is 0 Å². The van der Waals surface area contributed by atoms with Gasteiger partial charge in [0.25, 0.3) is 5.91 Å². The van der Waals surface area contributed by atoms with Crippen molar-refractivity contribution in [2.24, 2.45) is 11.8 Å². The summed E-state index contributed by atoms with van der Waals surface area (Å²) in [6.07, 6.45) is 1.14. The van der Waals surface area contributed by atoms with Crippen molar-refractivity contribution >= 4 is 11.6 Å². The molecule has 1 fully saturated rings. The minimum atomic E-state index is 0.189. The zero-order valence-corrected chi connectivity index (χ0v) is 13.1. The molecule has 0 bridgehead atoms. The van der Waals surface area contributed by atoms with Gasteiger partial charge in [-0.25, -0.2) is 0 Å². The van der Waals surface area contributed by atoms with Crippen LogP contribution in [0, 0.1) is 18.8 Å². The Morgan fingerprint density at radius 1 is 1.45 bits per heavy atom. The van der Waals surface area contributed by atoms with Crippen LogP contribution in [0.15, 0.2) is 18.2 Å². The van der Waals surface area contributed by atoms with Crippen molar-refractivity contribution in [3.8, 4) is 0 Å². The van der Waals surface area contributed by atoms with Crippen LogP contribution in [-0.2, 0) is 0 Å². The molecule has 2 rings (SSSR count). The molecular formula is C17H26N2O. The molecule has 0 aliphatic carbocycles. The molecule has 20 heavy (non-hydrogen) atoms. The molecule has 1 atom stereocenters. The first-order chi connectivity index (χ1) is 9.52. The highest BCUT2D eigenvalue weighted by atomic mass is 16.2. The molecule has 1 amide bonds. The summed E-state index contributed by atoms with van der Waals surface area (Å²) in [7, 11) is 0. The molecule has 0 saturated carbocycles. The Bertz CT molecular complexity index is 482. The minimum absolute atomic E-state index is 0.189. The van der Waals surface area contributed by atoms with Crippen LogP contribution in [-0.4, -0.2) is 30.4 Å². The van der Waals surface area contributed by atoms with Gasteiger partial charge >= 0.3 is 0 Å². The lowest BCUT2D eigenvalue weighted by atomic mass is 9.95. The molecule has 0 aromatic heterocycles. The van der Waals surface area contributed by atoms with E-state index in [4.69, 9.17) is 0 Å². The summed E-state index contributed by atoms with van der Waals surface area (Å²) in [5.41, 5.74) is 2.99. The summed E-state index contributed by atoms with van der Waals surface area (Å²) in [6, 6.07) is 6.02. The summed E-state index contributed by atoms with van der Waals surface area (Å²) in [5.74, 6) is 1.50. The van der Waals surface area contributed by atoms with Gasteiger partial charge < -0.3 is 10.2 Å². The highest BCUT2D eigenvalue weighted by Crippen LogP contribution is 2.26. The van der Waals surface area contributed by atoms with Crippen molar-refractivity contribution in [3.63, 3.8) is 0 Å². The van der Waals surface area contributed by atoms with Crippen LogP contribution in [0.4, 0.5) is 5.69 Å². The zero-order chi connectivity index (χ0) is 14.7. The number of carbonyl (C=O) groups is 1. The average molecular weight is 274 g/mol. The van der Waals surface area contributed by atoms with Crippen LogP contribution in [0.5, 0.6) is 0 Å². The van der Waals surface area contributed by atoms with Gasteiger partial charge in [0.2, 0.25) is 0 Å². The Hall–Kier alpha value is -1.51. The van der Waals surface area contributed by atoms with E-state index < -0.39 is 0 Å². The van der Waals surface area contributed by atoms with Crippen LogP contribution in [0.1, 0.15) is 43.1 Å². The lowest BCUT2D eigenvalue weighted by molar-refractivity contribution is 0.0783. The zero-order valence-electron chi connectivity index (χ0n) is 13.1. The molecule has 3 heteroatoms. The Kier molecular flexibility index (Phi) is 4.69. The van der Waals surface area contributed by atoms with Crippen molar-refractivity contribution in [2.45, 2.75) is 34.1 Å². The van der Waals surface area contributed by atoms with Gasteiger partial charge in [-0.1, -0.05) is 13.8 Å². The van der Waals surface area contributed by atoms with Crippen molar-refractivity contribution in [1.82, 2.24) is 4.90 Å². The number of amides is 1. The standard InChI is InChI=1S/C17H26N2O/c1-5-18-15-6-7-16(13(4)10-15)17(20)19-9-8-14(11-19)12(2)3/h6-7,10,12,14,18H,5,8-9,11H2,1-4H3. The van der Waals surface area contributed by atoms with E-state index in [0.29, 0.717) is 11.8 Å². The maximum atomic E-state index is 12.6. The maximum Gasteiger partial charge on any atom is 0.254 e. The van der Waals surface area contributed by atoms with Crippen LogP contribution in [0.2, 0.25) is 0 Å². The van der Waals surface area contributed by atoms with E-state index in [1.807, 2.05) is 24.0 Å². The molecule has 1 aromatic rings. The van der Waals surface area contributed by atoms with Gasteiger partial charge in [0.05, 0.1) is 0 Å². The fraction of sp³-hybridized carbons (Fsp3) is 0.588. The largest absolute Gasteiger partial charge is 0.385 e. The third-order valence-corrected chi connectivity index (χ3v) is 4.29. The number of aryl methyl sites for hydroxylation is 1.